The Morgan fingerprint density at radius 1 is 1.08 bits per heavy atom. The predicted octanol–water partition coefficient (Wildman–Crippen LogP) is 3.20. The molecule has 1 N–H and O–H groups in total. The first-order chi connectivity index (χ1) is 12.2. The molecule has 4 rings (SSSR count). The highest BCUT2D eigenvalue weighted by molar-refractivity contribution is 5.72. The number of hydrogen-bond acceptors (Lipinski definition) is 4. The molecule has 1 amide bonds. The number of ether oxygens (including phenoxy) is 2. The van der Waals surface area contributed by atoms with Crippen molar-refractivity contribution in [1.29, 1.82) is 0 Å². The third kappa shape index (κ3) is 2.79. The van der Waals surface area contributed by atoms with Crippen molar-refractivity contribution in [1.82, 2.24) is 4.90 Å². The summed E-state index contributed by atoms with van der Waals surface area (Å²) in [5.41, 5.74) is -0.171. The van der Waals surface area contributed by atoms with E-state index in [1.165, 1.54) is 4.90 Å². The van der Waals surface area contributed by atoms with Gasteiger partial charge >= 0.3 is 6.09 Å². The van der Waals surface area contributed by atoms with Crippen molar-refractivity contribution >= 4 is 6.09 Å². The summed E-state index contributed by atoms with van der Waals surface area (Å²) in [5, 5.41) is 11.7. The number of carbonyl (C=O) groups excluding carboxylic acids is 1. The lowest BCUT2D eigenvalue weighted by Gasteiger charge is -2.35. The van der Waals surface area contributed by atoms with E-state index in [1.54, 1.807) is 0 Å². The molecule has 2 aliphatic heterocycles. The van der Waals surface area contributed by atoms with E-state index < -0.39 is 17.9 Å². The molecule has 3 atom stereocenters. The van der Waals surface area contributed by atoms with E-state index in [0.717, 1.165) is 18.4 Å². The molecule has 130 valence electrons. The summed E-state index contributed by atoms with van der Waals surface area (Å²) in [6.45, 7) is 1.01. The molecule has 0 spiro atoms. The van der Waals surface area contributed by atoms with Crippen LogP contribution in [0.25, 0.3) is 0 Å². The van der Waals surface area contributed by atoms with Crippen molar-refractivity contribution in [2.45, 2.75) is 30.8 Å². The molecule has 0 unspecified atom stereocenters. The summed E-state index contributed by atoms with van der Waals surface area (Å²) >= 11 is 0. The molecule has 2 heterocycles. The lowest BCUT2D eigenvalue weighted by atomic mass is 9.91. The van der Waals surface area contributed by atoms with Gasteiger partial charge in [-0.05, 0) is 18.4 Å². The molecule has 0 aromatic heterocycles. The second kappa shape index (κ2) is 6.50. The largest absolute Gasteiger partial charge is 0.436 e. The zero-order valence-electron chi connectivity index (χ0n) is 13.9. The van der Waals surface area contributed by atoms with Gasteiger partial charge in [0.1, 0.15) is 0 Å². The smallest absolute Gasteiger partial charge is 0.413 e. The molecular formula is C20H21NO4. The molecule has 2 saturated heterocycles. The third-order valence-electron chi connectivity index (χ3n) is 4.93. The standard InChI is InChI=1S/C20H21NO4/c22-19-21(14-17-12-7-13-24-17)20(23,16-10-5-2-6-11-16)18(25-19)15-8-3-1-4-9-15/h1-6,8-11,17-18,23H,7,12-14H2/t17-,18+,20-/m0/s1. The molecule has 0 aliphatic carbocycles. The fourth-order valence-corrected chi connectivity index (χ4v) is 3.65. The summed E-state index contributed by atoms with van der Waals surface area (Å²) in [7, 11) is 0. The molecule has 0 saturated carbocycles. The Balaban J connectivity index is 1.76. The van der Waals surface area contributed by atoms with Gasteiger partial charge in [0.2, 0.25) is 5.72 Å². The third-order valence-corrected chi connectivity index (χ3v) is 4.93. The van der Waals surface area contributed by atoms with Gasteiger partial charge in [0, 0.05) is 12.2 Å². The highest BCUT2D eigenvalue weighted by Gasteiger charge is 2.56. The minimum Gasteiger partial charge on any atom is -0.436 e. The second-order valence-electron chi connectivity index (χ2n) is 6.51. The Morgan fingerprint density at radius 3 is 2.40 bits per heavy atom. The molecule has 2 aromatic rings. The maximum absolute atomic E-state index is 12.6. The van der Waals surface area contributed by atoms with E-state index in [0.29, 0.717) is 18.7 Å². The maximum atomic E-state index is 12.6. The number of hydrogen-bond donors (Lipinski definition) is 1. The van der Waals surface area contributed by atoms with Gasteiger partial charge in [-0.2, -0.15) is 0 Å². The average Bonchev–Trinajstić information content (AvgIpc) is 3.26. The molecule has 5 heteroatoms. The minimum absolute atomic E-state index is 0.0719. The van der Waals surface area contributed by atoms with Crippen LogP contribution in [-0.2, 0) is 15.2 Å². The van der Waals surface area contributed by atoms with Gasteiger partial charge in [-0.3, -0.25) is 4.90 Å². The van der Waals surface area contributed by atoms with Crippen LogP contribution in [0.15, 0.2) is 60.7 Å². The summed E-state index contributed by atoms with van der Waals surface area (Å²) in [4.78, 5) is 14.0. The van der Waals surface area contributed by atoms with Crippen LogP contribution in [0.1, 0.15) is 30.1 Å². The van der Waals surface area contributed by atoms with E-state index in [1.807, 2.05) is 60.7 Å². The number of rotatable bonds is 4. The quantitative estimate of drug-likeness (QED) is 0.929. The second-order valence-corrected chi connectivity index (χ2v) is 6.51. The molecule has 25 heavy (non-hydrogen) atoms. The summed E-state index contributed by atoms with van der Waals surface area (Å²) in [6.07, 6.45) is 0.474. The fourth-order valence-electron chi connectivity index (χ4n) is 3.65. The van der Waals surface area contributed by atoms with Crippen LogP contribution < -0.4 is 0 Å². The van der Waals surface area contributed by atoms with Crippen LogP contribution >= 0.6 is 0 Å². The first-order valence-corrected chi connectivity index (χ1v) is 8.62. The van der Waals surface area contributed by atoms with Gasteiger partial charge in [-0.1, -0.05) is 60.7 Å². The highest BCUT2D eigenvalue weighted by Crippen LogP contribution is 2.46. The average molecular weight is 339 g/mol. The number of aliphatic hydroxyl groups is 1. The Morgan fingerprint density at radius 2 is 1.76 bits per heavy atom. The first-order valence-electron chi connectivity index (χ1n) is 8.62. The van der Waals surface area contributed by atoms with Crippen LogP contribution in [0.5, 0.6) is 0 Å². The molecular weight excluding hydrogens is 318 g/mol. The Bertz CT molecular complexity index is 730. The number of cyclic esters (lactones) is 1. The molecule has 2 fully saturated rings. The van der Waals surface area contributed by atoms with Crippen LogP contribution in [0.3, 0.4) is 0 Å². The van der Waals surface area contributed by atoms with Crippen molar-refractivity contribution in [3.8, 4) is 0 Å². The highest BCUT2D eigenvalue weighted by atomic mass is 16.6. The topological polar surface area (TPSA) is 59.0 Å². The number of carbonyl (C=O) groups is 1. The van der Waals surface area contributed by atoms with Gasteiger partial charge in [-0.25, -0.2) is 4.79 Å². The molecule has 5 nitrogen and oxygen atoms in total. The van der Waals surface area contributed by atoms with Crippen LogP contribution in [-0.4, -0.2) is 35.4 Å². The lowest BCUT2D eigenvalue weighted by Crippen LogP contribution is -2.48. The summed E-state index contributed by atoms with van der Waals surface area (Å²) < 4.78 is 11.3. The van der Waals surface area contributed by atoms with Crippen LogP contribution in [0, 0.1) is 0 Å². The minimum atomic E-state index is -1.56. The molecule has 0 radical (unpaired) electrons. The monoisotopic (exact) mass is 339 g/mol. The van der Waals surface area contributed by atoms with Gasteiger partial charge < -0.3 is 14.6 Å². The molecule has 2 aliphatic rings. The Kier molecular flexibility index (Phi) is 4.19. The van der Waals surface area contributed by atoms with Crippen LogP contribution in [0.2, 0.25) is 0 Å². The van der Waals surface area contributed by atoms with E-state index in [2.05, 4.69) is 0 Å². The Labute approximate surface area is 146 Å². The van der Waals surface area contributed by atoms with E-state index >= 15 is 0 Å². The summed E-state index contributed by atoms with van der Waals surface area (Å²) in [5.74, 6) is 0. The normalized spacial score (nSPS) is 29.0. The van der Waals surface area contributed by atoms with Crippen molar-refractivity contribution in [2.75, 3.05) is 13.2 Å². The lowest BCUT2D eigenvalue weighted by molar-refractivity contribution is -0.118. The van der Waals surface area contributed by atoms with Crippen molar-refractivity contribution < 1.29 is 19.4 Å². The SMILES string of the molecule is O=C1O[C@H](c2ccccc2)[C@@](O)(c2ccccc2)N1C[C@@H]1CCCO1. The van der Waals surface area contributed by atoms with E-state index in [-0.39, 0.29) is 6.10 Å². The van der Waals surface area contributed by atoms with Gasteiger partial charge in [0.25, 0.3) is 0 Å². The van der Waals surface area contributed by atoms with Crippen molar-refractivity contribution in [3.05, 3.63) is 71.8 Å². The predicted molar refractivity (Wildman–Crippen MR) is 91.7 cm³/mol. The van der Waals surface area contributed by atoms with Gasteiger partial charge in [0.05, 0.1) is 12.6 Å². The molecule has 2 aromatic carbocycles. The zero-order valence-corrected chi connectivity index (χ0v) is 13.9. The van der Waals surface area contributed by atoms with Crippen LogP contribution in [0.4, 0.5) is 4.79 Å². The summed E-state index contributed by atoms with van der Waals surface area (Å²) in [6, 6.07) is 18.6. The number of nitrogens with zero attached hydrogens (tertiary/aromatic N) is 1. The van der Waals surface area contributed by atoms with Gasteiger partial charge in [0.15, 0.2) is 6.10 Å². The number of amides is 1. The van der Waals surface area contributed by atoms with E-state index in [4.69, 9.17) is 9.47 Å². The first kappa shape index (κ1) is 16.1. The number of benzene rings is 2. The zero-order chi connectivity index (χ0) is 17.3. The van der Waals surface area contributed by atoms with Gasteiger partial charge in [-0.15, -0.1) is 0 Å². The van der Waals surface area contributed by atoms with E-state index in [9.17, 15) is 9.90 Å². The Hall–Kier alpha value is -2.37. The molecule has 0 bridgehead atoms. The van der Waals surface area contributed by atoms with Crippen molar-refractivity contribution in [2.24, 2.45) is 0 Å². The fraction of sp³-hybridized carbons (Fsp3) is 0.350. The van der Waals surface area contributed by atoms with Crippen molar-refractivity contribution in [3.63, 3.8) is 0 Å². The maximum Gasteiger partial charge on any atom is 0.413 e.